The van der Waals surface area contributed by atoms with Gasteiger partial charge in [-0.15, -0.1) is 0 Å². The van der Waals surface area contributed by atoms with Crippen molar-refractivity contribution in [3.63, 3.8) is 0 Å². The van der Waals surface area contributed by atoms with Crippen LogP contribution in [0, 0.1) is 0 Å². The molecule has 1 aliphatic rings. The van der Waals surface area contributed by atoms with Crippen LogP contribution in [0.25, 0.3) is 6.08 Å². The van der Waals surface area contributed by atoms with Gasteiger partial charge in [0.15, 0.2) is 0 Å². The number of hydrogen-bond donors (Lipinski definition) is 0. The van der Waals surface area contributed by atoms with Gasteiger partial charge in [-0.3, -0.25) is 5.01 Å². The van der Waals surface area contributed by atoms with Gasteiger partial charge in [0.1, 0.15) is 0 Å². The largest absolute Gasteiger partial charge is 0.273 e. The number of hydrogen-bond acceptors (Lipinski definition) is 2. The summed E-state index contributed by atoms with van der Waals surface area (Å²) in [5.41, 5.74) is 1.21. The Labute approximate surface area is 78.2 Å². The third-order valence-electron chi connectivity index (χ3n) is 1.96. The molecule has 0 aliphatic carbocycles. The molecule has 1 aromatic rings. The minimum atomic E-state index is 1.00. The van der Waals surface area contributed by atoms with Gasteiger partial charge in [0.25, 0.3) is 0 Å². The Hall–Kier alpha value is -1.57. The van der Waals surface area contributed by atoms with E-state index in [0.29, 0.717) is 0 Å². The third-order valence-corrected chi connectivity index (χ3v) is 1.96. The summed E-state index contributed by atoms with van der Waals surface area (Å²) in [6.07, 6.45) is 7.08. The fourth-order valence-corrected chi connectivity index (χ4v) is 1.26. The minimum Gasteiger partial charge on any atom is -0.273 e. The molecule has 0 saturated heterocycles. The zero-order chi connectivity index (χ0) is 8.93. The summed E-state index contributed by atoms with van der Waals surface area (Å²) in [5.74, 6) is 0. The molecule has 0 aromatic heterocycles. The van der Waals surface area contributed by atoms with Crippen molar-refractivity contribution in [2.45, 2.75) is 6.42 Å². The Balaban J connectivity index is 2.01. The van der Waals surface area contributed by atoms with Crippen molar-refractivity contribution in [3.8, 4) is 0 Å². The Morgan fingerprint density at radius 3 is 2.77 bits per heavy atom. The molecule has 2 rings (SSSR count). The van der Waals surface area contributed by atoms with Crippen LogP contribution in [-0.4, -0.2) is 17.8 Å². The Morgan fingerprint density at radius 1 is 1.23 bits per heavy atom. The molecular weight excluding hydrogens is 160 g/mol. The maximum Gasteiger partial charge on any atom is 0.0459 e. The molecule has 0 saturated carbocycles. The highest BCUT2D eigenvalue weighted by Gasteiger charge is 1.99. The second kappa shape index (κ2) is 3.90. The van der Waals surface area contributed by atoms with Gasteiger partial charge in [-0.25, -0.2) is 0 Å². The molecule has 0 fully saturated rings. The lowest BCUT2D eigenvalue weighted by atomic mass is 10.2. The van der Waals surface area contributed by atoms with Gasteiger partial charge in [0.05, 0.1) is 0 Å². The van der Waals surface area contributed by atoms with Crippen molar-refractivity contribution < 1.29 is 0 Å². The molecule has 1 aliphatic heterocycles. The highest BCUT2D eigenvalue weighted by molar-refractivity contribution is 5.59. The summed E-state index contributed by atoms with van der Waals surface area (Å²) in [6, 6.07) is 10.2. The molecule has 0 amide bonds. The zero-order valence-corrected chi connectivity index (χ0v) is 7.43. The molecule has 13 heavy (non-hydrogen) atoms. The predicted octanol–water partition coefficient (Wildman–Crippen LogP) is 2.35. The molecule has 66 valence electrons. The van der Waals surface area contributed by atoms with E-state index >= 15 is 0 Å². The molecule has 2 nitrogen and oxygen atoms in total. The number of hydrazone groups is 1. The average Bonchev–Trinajstić information content (AvgIpc) is 2.69. The van der Waals surface area contributed by atoms with Crippen molar-refractivity contribution in [1.29, 1.82) is 0 Å². The normalized spacial score (nSPS) is 15.8. The van der Waals surface area contributed by atoms with Crippen LogP contribution in [0.15, 0.2) is 41.6 Å². The van der Waals surface area contributed by atoms with Crippen LogP contribution in [0.4, 0.5) is 0 Å². The summed E-state index contributed by atoms with van der Waals surface area (Å²) in [6.45, 7) is 1.00. The Morgan fingerprint density at radius 2 is 2.08 bits per heavy atom. The highest BCUT2D eigenvalue weighted by Crippen LogP contribution is 2.05. The lowest BCUT2D eigenvalue weighted by molar-refractivity contribution is 0.444. The first-order valence-corrected chi connectivity index (χ1v) is 4.47. The van der Waals surface area contributed by atoms with E-state index in [-0.39, 0.29) is 0 Å². The van der Waals surface area contributed by atoms with E-state index in [1.807, 2.05) is 35.6 Å². The van der Waals surface area contributed by atoms with E-state index in [1.54, 1.807) is 0 Å². The first kappa shape index (κ1) is 8.05. The highest BCUT2D eigenvalue weighted by atomic mass is 15.4. The van der Waals surface area contributed by atoms with Gasteiger partial charge >= 0.3 is 0 Å². The molecule has 0 unspecified atom stereocenters. The van der Waals surface area contributed by atoms with Gasteiger partial charge in [0, 0.05) is 25.4 Å². The lowest BCUT2D eigenvalue weighted by Gasteiger charge is -2.05. The second-order valence-corrected chi connectivity index (χ2v) is 2.98. The zero-order valence-electron chi connectivity index (χ0n) is 7.43. The Bertz CT molecular complexity index is 314. The lowest BCUT2D eigenvalue weighted by Crippen LogP contribution is -2.03. The maximum absolute atomic E-state index is 4.17. The van der Waals surface area contributed by atoms with Crippen LogP contribution < -0.4 is 0 Å². The summed E-state index contributed by atoms with van der Waals surface area (Å²) >= 11 is 0. The molecule has 0 radical (unpaired) electrons. The minimum absolute atomic E-state index is 1.00. The molecule has 0 atom stereocenters. The van der Waals surface area contributed by atoms with Gasteiger partial charge in [-0.05, 0) is 11.6 Å². The molecule has 1 aromatic carbocycles. The molecule has 0 bridgehead atoms. The second-order valence-electron chi connectivity index (χ2n) is 2.98. The maximum atomic E-state index is 4.17. The number of benzene rings is 1. The van der Waals surface area contributed by atoms with Gasteiger partial charge < -0.3 is 0 Å². The van der Waals surface area contributed by atoms with E-state index in [0.717, 1.165) is 13.0 Å². The summed E-state index contributed by atoms with van der Waals surface area (Å²) < 4.78 is 0. The van der Waals surface area contributed by atoms with Gasteiger partial charge in [0.2, 0.25) is 0 Å². The first-order chi connectivity index (χ1) is 6.45. The van der Waals surface area contributed by atoms with Gasteiger partial charge in [-0.2, -0.15) is 5.10 Å². The standard InChI is InChI=1S/C11H12N2/c1-2-5-11(6-3-1)7-10-13-9-4-8-12-13/h1-3,5-8,10H,4,9H2. The van der Waals surface area contributed by atoms with Gasteiger partial charge in [-0.1, -0.05) is 30.3 Å². The SMILES string of the molecule is C(=CN1CCC=N1)c1ccccc1. The molecule has 0 N–H and O–H groups in total. The van der Waals surface area contributed by atoms with Crippen LogP contribution in [0.5, 0.6) is 0 Å². The molecular formula is C11H12N2. The van der Waals surface area contributed by atoms with Crippen LogP contribution in [0.1, 0.15) is 12.0 Å². The number of nitrogens with zero attached hydrogens (tertiary/aromatic N) is 2. The summed E-state index contributed by atoms with van der Waals surface area (Å²) in [4.78, 5) is 0. The quantitative estimate of drug-likeness (QED) is 0.668. The van der Waals surface area contributed by atoms with Crippen molar-refractivity contribution in [2.75, 3.05) is 6.54 Å². The van der Waals surface area contributed by atoms with Crippen LogP contribution in [0.3, 0.4) is 0 Å². The topological polar surface area (TPSA) is 15.6 Å². The van der Waals surface area contributed by atoms with Crippen LogP contribution in [0.2, 0.25) is 0 Å². The van der Waals surface area contributed by atoms with Crippen LogP contribution >= 0.6 is 0 Å². The van der Waals surface area contributed by atoms with E-state index in [9.17, 15) is 0 Å². The molecule has 2 heteroatoms. The van der Waals surface area contributed by atoms with E-state index in [2.05, 4.69) is 23.3 Å². The van der Waals surface area contributed by atoms with Crippen molar-refractivity contribution in [1.82, 2.24) is 5.01 Å². The summed E-state index contributed by atoms with van der Waals surface area (Å²) in [7, 11) is 0. The third kappa shape index (κ3) is 2.18. The van der Waals surface area contributed by atoms with E-state index in [1.165, 1.54) is 5.56 Å². The predicted molar refractivity (Wildman–Crippen MR) is 55.3 cm³/mol. The van der Waals surface area contributed by atoms with Crippen LogP contribution in [-0.2, 0) is 0 Å². The smallest absolute Gasteiger partial charge is 0.0459 e. The monoisotopic (exact) mass is 172 g/mol. The van der Waals surface area contributed by atoms with Crippen molar-refractivity contribution in [3.05, 3.63) is 42.1 Å². The Kier molecular flexibility index (Phi) is 2.41. The first-order valence-electron chi connectivity index (χ1n) is 4.47. The van der Waals surface area contributed by atoms with E-state index < -0.39 is 0 Å². The number of rotatable bonds is 2. The van der Waals surface area contributed by atoms with Crippen molar-refractivity contribution in [2.24, 2.45) is 5.10 Å². The molecule has 1 heterocycles. The average molecular weight is 172 g/mol. The van der Waals surface area contributed by atoms with E-state index in [4.69, 9.17) is 0 Å². The molecule has 0 spiro atoms. The summed E-state index contributed by atoms with van der Waals surface area (Å²) in [5, 5.41) is 6.12. The fraction of sp³-hybridized carbons (Fsp3) is 0.182. The fourth-order valence-electron chi connectivity index (χ4n) is 1.26. The van der Waals surface area contributed by atoms with Crippen molar-refractivity contribution >= 4 is 12.3 Å².